The molecule has 1 saturated carbocycles. The third kappa shape index (κ3) is 6.39. The highest BCUT2D eigenvalue weighted by molar-refractivity contribution is 8.00. The van der Waals surface area contributed by atoms with Crippen LogP contribution < -0.4 is 0 Å². The highest BCUT2D eigenvalue weighted by Crippen LogP contribution is 2.28. The van der Waals surface area contributed by atoms with Gasteiger partial charge in [0.05, 0.1) is 12.3 Å². The predicted molar refractivity (Wildman–Crippen MR) is 118 cm³/mol. The van der Waals surface area contributed by atoms with Crippen LogP contribution in [0.4, 0.5) is 0 Å². The number of nitrogens with zero attached hydrogens (tertiary/aromatic N) is 3. The summed E-state index contributed by atoms with van der Waals surface area (Å²) in [7, 11) is 2.00. The van der Waals surface area contributed by atoms with Crippen LogP contribution in [0.1, 0.15) is 38.3 Å². The fourth-order valence-electron chi connectivity index (χ4n) is 3.29. The molecule has 2 aromatic rings. The summed E-state index contributed by atoms with van der Waals surface area (Å²) in [5, 5.41) is 0. The summed E-state index contributed by atoms with van der Waals surface area (Å²) in [5.74, 6) is 0.481. The highest BCUT2D eigenvalue weighted by atomic mass is 32.2. The molecule has 0 aliphatic heterocycles. The maximum Gasteiger partial charge on any atom is 0.242 e. The molecule has 0 radical (unpaired) electrons. The molecule has 1 heterocycles. The summed E-state index contributed by atoms with van der Waals surface area (Å²) in [6.07, 6.45) is 6.01. The molecule has 2 amide bonds. The maximum atomic E-state index is 13.1. The Morgan fingerprint density at radius 1 is 1.10 bits per heavy atom. The predicted octanol–water partition coefficient (Wildman–Crippen LogP) is 3.94. The zero-order valence-corrected chi connectivity index (χ0v) is 18.2. The number of aryl methyl sites for hydroxylation is 1. The second-order valence-electron chi connectivity index (χ2n) is 7.63. The first-order valence-electron chi connectivity index (χ1n) is 10.4. The van der Waals surface area contributed by atoms with Crippen molar-refractivity contribution in [2.75, 3.05) is 18.8 Å². The topological polar surface area (TPSA) is 45.6 Å². The highest BCUT2D eigenvalue weighted by Gasteiger charge is 2.34. The number of rotatable bonds is 11. The molecule has 1 aromatic heterocycles. The molecule has 0 unspecified atom stereocenters. The summed E-state index contributed by atoms with van der Waals surface area (Å²) < 4.78 is 2.05. The van der Waals surface area contributed by atoms with Crippen LogP contribution in [0.2, 0.25) is 0 Å². The average Bonchev–Trinajstić information content (AvgIpc) is 3.50. The van der Waals surface area contributed by atoms with E-state index in [1.165, 1.54) is 11.8 Å². The number of carbonyl (C=O) groups is 2. The number of thioether (sulfide) groups is 1. The van der Waals surface area contributed by atoms with Crippen LogP contribution in [0.5, 0.6) is 0 Å². The largest absolute Gasteiger partial charge is 0.353 e. The van der Waals surface area contributed by atoms with Gasteiger partial charge < -0.3 is 14.4 Å². The van der Waals surface area contributed by atoms with Gasteiger partial charge in [0.2, 0.25) is 11.8 Å². The molecule has 1 aromatic carbocycles. The lowest BCUT2D eigenvalue weighted by Crippen LogP contribution is -2.44. The van der Waals surface area contributed by atoms with Gasteiger partial charge in [0.1, 0.15) is 6.54 Å². The fraction of sp³-hybridized carbons (Fsp3) is 0.478. The Labute approximate surface area is 178 Å². The second kappa shape index (κ2) is 10.5. The SMILES string of the molecule is CCCCN(Cc1cccn1C)C(=O)CN(C(=O)CSc1ccccc1)C1CC1. The Hall–Kier alpha value is -2.21. The number of carbonyl (C=O) groups excluding carboxylic acids is 2. The van der Waals surface area contributed by atoms with E-state index in [4.69, 9.17) is 0 Å². The van der Waals surface area contributed by atoms with Crippen LogP contribution in [0, 0.1) is 0 Å². The van der Waals surface area contributed by atoms with Gasteiger partial charge in [-0.3, -0.25) is 9.59 Å². The van der Waals surface area contributed by atoms with E-state index in [1.807, 2.05) is 70.1 Å². The van der Waals surface area contributed by atoms with Crippen molar-refractivity contribution in [3.8, 4) is 0 Å². The number of benzene rings is 1. The van der Waals surface area contributed by atoms with Crippen molar-refractivity contribution in [3.05, 3.63) is 54.4 Å². The van der Waals surface area contributed by atoms with Gasteiger partial charge in [-0.2, -0.15) is 0 Å². The van der Waals surface area contributed by atoms with Crippen LogP contribution in [0.3, 0.4) is 0 Å². The van der Waals surface area contributed by atoms with E-state index in [0.717, 1.165) is 42.8 Å². The zero-order chi connectivity index (χ0) is 20.6. The number of hydrogen-bond acceptors (Lipinski definition) is 3. The first kappa shape index (κ1) is 21.5. The van der Waals surface area contributed by atoms with Crippen LogP contribution in [0.15, 0.2) is 53.6 Å². The Bertz CT molecular complexity index is 801. The van der Waals surface area contributed by atoms with Gasteiger partial charge in [0, 0.05) is 36.4 Å². The molecule has 1 aliphatic carbocycles. The van der Waals surface area contributed by atoms with Crippen molar-refractivity contribution < 1.29 is 9.59 Å². The Kier molecular flexibility index (Phi) is 7.81. The molecule has 29 heavy (non-hydrogen) atoms. The van der Waals surface area contributed by atoms with Crippen LogP contribution in [0.25, 0.3) is 0 Å². The van der Waals surface area contributed by atoms with Gasteiger partial charge in [0.15, 0.2) is 0 Å². The number of hydrogen-bond donors (Lipinski definition) is 0. The van der Waals surface area contributed by atoms with Gasteiger partial charge in [-0.15, -0.1) is 11.8 Å². The zero-order valence-electron chi connectivity index (χ0n) is 17.4. The van der Waals surface area contributed by atoms with Crippen LogP contribution >= 0.6 is 11.8 Å². The number of amides is 2. The third-order valence-corrected chi connectivity index (χ3v) is 6.25. The van der Waals surface area contributed by atoms with Crippen molar-refractivity contribution >= 4 is 23.6 Å². The van der Waals surface area contributed by atoms with Gasteiger partial charge >= 0.3 is 0 Å². The Morgan fingerprint density at radius 2 is 1.86 bits per heavy atom. The summed E-state index contributed by atoms with van der Waals surface area (Å²) >= 11 is 1.54. The van der Waals surface area contributed by atoms with E-state index in [9.17, 15) is 9.59 Å². The molecule has 156 valence electrons. The maximum absolute atomic E-state index is 13.1. The fourth-order valence-corrected chi connectivity index (χ4v) is 4.10. The molecule has 5 nitrogen and oxygen atoms in total. The smallest absolute Gasteiger partial charge is 0.242 e. The summed E-state index contributed by atoms with van der Waals surface area (Å²) in [5.41, 5.74) is 1.11. The molecule has 0 atom stereocenters. The summed E-state index contributed by atoms with van der Waals surface area (Å²) in [6, 6.07) is 14.2. The molecular weight excluding hydrogens is 382 g/mol. The molecule has 1 aliphatic rings. The molecule has 1 fully saturated rings. The third-order valence-electron chi connectivity index (χ3n) is 5.26. The number of unbranched alkanes of at least 4 members (excludes halogenated alkanes) is 1. The normalized spacial score (nSPS) is 13.3. The molecule has 3 rings (SSSR count). The Morgan fingerprint density at radius 3 is 2.48 bits per heavy atom. The van der Waals surface area contributed by atoms with E-state index in [2.05, 4.69) is 6.92 Å². The lowest BCUT2D eigenvalue weighted by molar-refractivity contribution is -0.140. The molecule has 0 bridgehead atoms. The minimum atomic E-state index is 0.0459. The quantitative estimate of drug-likeness (QED) is 0.524. The average molecular weight is 414 g/mol. The first-order valence-corrected chi connectivity index (χ1v) is 11.4. The van der Waals surface area contributed by atoms with Gasteiger partial charge in [-0.1, -0.05) is 31.5 Å². The minimum absolute atomic E-state index is 0.0459. The molecule has 0 N–H and O–H groups in total. The van der Waals surface area contributed by atoms with Crippen LogP contribution in [-0.4, -0.2) is 51.1 Å². The summed E-state index contributed by atoms with van der Waals surface area (Å²) in [6.45, 7) is 3.64. The molecule has 0 spiro atoms. The van der Waals surface area contributed by atoms with Crippen molar-refractivity contribution in [1.29, 1.82) is 0 Å². The van der Waals surface area contributed by atoms with Crippen molar-refractivity contribution in [2.24, 2.45) is 7.05 Å². The number of aromatic nitrogens is 1. The van der Waals surface area contributed by atoms with E-state index < -0.39 is 0 Å². The summed E-state index contributed by atoms with van der Waals surface area (Å²) in [4.78, 5) is 30.8. The van der Waals surface area contributed by atoms with Crippen LogP contribution in [-0.2, 0) is 23.2 Å². The monoisotopic (exact) mass is 413 g/mol. The van der Waals surface area contributed by atoms with E-state index in [-0.39, 0.29) is 24.4 Å². The van der Waals surface area contributed by atoms with E-state index in [0.29, 0.717) is 12.3 Å². The van der Waals surface area contributed by atoms with Gasteiger partial charge in [-0.25, -0.2) is 0 Å². The van der Waals surface area contributed by atoms with Crippen molar-refractivity contribution in [1.82, 2.24) is 14.4 Å². The first-order chi connectivity index (χ1) is 14.1. The van der Waals surface area contributed by atoms with Crippen molar-refractivity contribution in [3.63, 3.8) is 0 Å². The van der Waals surface area contributed by atoms with Crippen molar-refractivity contribution in [2.45, 2.75) is 50.1 Å². The Balaban J connectivity index is 1.61. The van der Waals surface area contributed by atoms with E-state index >= 15 is 0 Å². The molecule has 0 saturated heterocycles. The van der Waals surface area contributed by atoms with E-state index in [1.54, 1.807) is 0 Å². The molecular formula is C23H31N3O2S. The van der Waals surface area contributed by atoms with Gasteiger partial charge in [-0.05, 0) is 43.5 Å². The van der Waals surface area contributed by atoms with Gasteiger partial charge in [0.25, 0.3) is 0 Å². The minimum Gasteiger partial charge on any atom is -0.353 e. The lowest BCUT2D eigenvalue weighted by Gasteiger charge is -2.28. The standard InChI is InChI=1S/C23H31N3O2S/c1-3-4-15-25(16-20-9-8-14-24(20)2)22(27)17-26(19-12-13-19)23(28)18-29-21-10-6-5-7-11-21/h5-11,14,19H,3-4,12-13,15-18H2,1-2H3. The second-order valence-corrected chi connectivity index (χ2v) is 8.68. The molecule has 6 heteroatoms. The lowest BCUT2D eigenvalue weighted by atomic mass is 10.2.